The van der Waals surface area contributed by atoms with Gasteiger partial charge in [0.2, 0.25) is 5.75 Å². The van der Waals surface area contributed by atoms with Gasteiger partial charge in [-0.1, -0.05) is 19.1 Å². The Balaban J connectivity index is 1.89. The summed E-state index contributed by atoms with van der Waals surface area (Å²) in [6.07, 6.45) is 2.73. The van der Waals surface area contributed by atoms with Gasteiger partial charge in [-0.05, 0) is 54.1 Å². The fourth-order valence-corrected chi connectivity index (χ4v) is 3.62. The molecule has 0 atom stereocenters. The number of aliphatic imine (C=N–C) groups is 1. The minimum absolute atomic E-state index is 0.203. The van der Waals surface area contributed by atoms with Crippen LogP contribution in [0.15, 0.2) is 46.3 Å². The summed E-state index contributed by atoms with van der Waals surface area (Å²) in [4.78, 5) is 17.4. The molecule has 6 nitrogen and oxygen atoms in total. The van der Waals surface area contributed by atoms with Crippen molar-refractivity contribution in [2.45, 2.75) is 13.3 Å². The van der Waals surface area contributed by atoms with Crippen LogP contribution >= 0.6 is 11.8 Å². The topological polar surface area (TPSA) is 69.2 Å². The number of hydrogen-bond acceptors (Lipinski definition) is 6. The van der Waals surface area contributed by atoms with Crippen molar-refractivity contribution in [3.8, 4) is 17.2 Å². The zero-order chi connectivity index (χ0) is 20.1. The number of methoxy groups -OCH3 is 3. The molecule has 0 saturated carbocycles. The Morgan fingerprint density at radius 1 is 1.00 bits per heavy atom. The Morgan fingerprint density at radius 2 is 1.71 bits per heavy atom. The van der Waals surface area contributed by atoms with Crippen molar-refractivity contribution in [2.75, 3.05) is 21.3 Å². The van der Waals surface area contributed by atoms with Gasteiger partial charge in [0.25, 0.3) is 5.91 Å². The Morgan fingerprint density at radius 3 is 2.32 bits per heavy atom. The first-order valence-corrected chi connectivity index (χ1v) is 9.58. The summed E-state index contributed by atoms with van der Waals surface area (Å²) in [5, 5.41) is 3.34. The van der Waals surface area contributed by atoms with Crippen molar-refractivity contribution in [2.24, 2.45) is 4.99 Å². The number of amidine groups is 1. The third-order valence-corrected chi connectivity index (χ3v) is 5.16. The Hall–Kier alpha value is -2.93. The van der Waals surface area contributed by atoms with Crippen LogP contribution in [-0.4, -0.2) is 32.4 Å². The lowest BCUT2D eigenvalue weighted by Crippen LogP contribution is -2.19. The van der Waals surface area contributed by atoms with Crippen LogP contribution in [0.5, 0.6) is 17.2 Å². The summed E-state index contributed by atoms with van der Waals surface area (Å²) in [5.74, 6) is 1.34. The summed E-state index contributed by atoms with van der Waals surface area (Å²) >= 11 is 1.28. The predicted octanol–water partition coefficient (Wildman–Crippen LogP) is 4.17. The summed E-state index contributed by atoms with van der Waals surface area (Å²) in [6.45, 7) is 2.10. The highest BCUT2D eigenvalue weighted by atomic mass is 32.2. The molecule has 2 aromatic carbocycles. The first-order chi connectivity index (χ1) is 13.6. The lowest BCUT2D eigenvalue weighted by Gasteiger charge is -2.14. The number of nitrogens with one attached hydrogen (secondary N) is 1. The first-order valence-electron chi connectivity index (χ1n) is 8.77. The van der Waals surface area contributed by atoms with Crippen molar-refractivity contribution in [1.82, 2.24) is 5.32 Å². The van der Waals surface area contributed by atoms with E-state index >= 15 is 0 Å². The molecule has 1 fully saturated rings. The lowest BCUT2D eigenvalue weighted by atomic mass is 10.1. The van der Waals surface area contributed by atoms with E-state index in [0.29, 0.717) is 32.9 Å². The molecule has 1 amide bonds. The van der Waals surface area contributed by atoms with E-state index < -0.39 is 0 Å². The van der Waals surface area contributed by atoms with Crippen LogP contribution in [-0.2, 0) is 11.2 Å². The normalized spacial score (nSPS) is 16.4. The molecule has 0 radical (unpaired) electrons. The van der Waals surface area contributed by atoms with Crippen LogP contribution < -0.4 is 19.5 Å². The summed E-state index contributed by atoms with van der Waals surface area (Å²) in [7, 11) is 4.66. The van der Waals surface area contributed by atoms with Gasteiger partial charge >= 0.3 is 0 Å². The van der Waals surface area contributed by atoms with Gasteiger partial charge in [-0.25, -0.2) is 4.99 Å². The Labute approximate surface area is 168 Å². The number of hydrogen-bond donors (Lipinski definition) is 1. The number of carbonyl (C=O) groups is 1. The standard InChI is InChI=1S/C21H22N2O4S/c1-5-13-6-9-15(10-7-13)22-21-23-20(24)17(28-21)12-14-8-11-16(25-2)19(27-4)18(14)26-3/h6-12H,5H2,1-4H3,(H,22,23,24)/b17-12-. The highest BCUT2D eigenvalue weighted by Gasteiger charge is 2.25. The average molecular weight is 398 g/mol. The summed E-state index contributed by atoms with van der Waals surface area (Å²) in [5.41, 5.74) is 2.75. The van der Waals surface area contributed by atoms with Crippen LogP contribution in [0.2, 0.25) is 0 Å². The maximum absolute atomic E-state index is 12.4. The smallest absolute Gasteiger partial charge is 0.264 e. The van der Waals surface area contributed by atoms with Gasteiger partial charge in [0, 0.05) is 5.56 Å². The van der Waals surface area contributed by atoms with Crippen molar-refractivity contribution in [3.63, 3.8) is 0 Å². The predicted molar refractivity (Wildman–Crippen MR) is 113 cm³/mol. The highest BCUT2D eigenvalue weighted by molar-refractivity contribution is 8.18. The molecular formula is C21H22N2O4S. The minimum atomic E-state index is -0.203. The molecule has 7 heteroatoms. The van der Waals surface area contributed by atoms with E-state index in [2.05, 4.69) is 17.2 Å². The molecule has 1 aliphatic rings. The molecule has 1 heterocycles. The SMILES string of the molecule is CCc1ccc(N=C2NC(=O)/C(=C/c3ccc(OC)c(OC)c3OC)S2)cc1. The molecule has 146 valence electrons. The Kier molecular flexibility index (Phi) is 6.26. The average Bonchev–Trinajstić information content (AvgIpc) is 3.06. The molecule has 3 rings (SSSR count). The largest absolute Gasteiger partial charge is 0.493 e. The van der Waals surface area contributed by atoms with Crippen molar-refractivity contribution in [3.05, 3.63) is 52.4 Å². The van der Waals surface area contributed by atoms with Crippen LogP contribution in [0, 0.1) is 0 Å². The van der Waals surface area contributed by atoms with E-state index in [1.54, 1.807) is 33.5 Å². The number of amides is 1. The van der Waals surface area contributed by atoms with E-state index in [9.17, 15) is 4.79 Å². The fraction of sp³-hybridized carbons (Fsp3) is 0.238. The highest BCUT2D eigenvalue weighted by Crippen LogP contribution is 2.41. The first kappa shape index (κ1) is 19.8. The molecule has 0 spiro atoms. The molecule has 1 N–H and O–H groups in total. The fourth-order valence-electron chi connectivity index (χ4n) is 2.78. The number of rotatable bonds is 6. The van der Waals surface area contributed by atoms with Gasteiger partial charge in [0.15, 0.2) is 16.7 Å². The third kappa shape index (κ3) is 4.14. The van der Waals surface area contributed by atoms with Gasteiger partial charge in [0.05, 0.1) is 31.9 Å². The molecular weight excluding hydrogens is 376 g/mol. The van der Waals surface area contributed by atoms with Crippen LogP contribution in [0.4, 0.5) is 5.69 Å². The van der Waals surface area contributed by atoms with Gasteiger partial charge < -0.3 is 19.5 Å². The summed E-state index contributed by atoms with van der Waals surface area (Å²) in [6, 6.07) is 11.5. The van der Waals surface area contributed by atoms with Crippen molar-refractivity contribution in [1.29, 1.82) is 0 Å². The van der Waals surface area contributed by atoms with Gasteiger partial charge in [-0.2, -0.15) is 0 Å². The molecule has 28 heavy (non-hydrogen) atoms. The van der Waals surface area contributed by atoms with Crippen LogP contribution in [0.3, 0.4) is 0 Å². The van der Waals surface area contributed by atoms with Gasteiger partial charge in [-0.3, -0.25) is 4.79 Å². The van der Waals surface area contributed by atoms with Gasteiger partial charge in [-0.15, -0.1) is 0 Å². The second-order valence-corrected chi connectivity index (χ2v) is 6.96. The van der Waals surface area contributed by atoms with E-state index in [4.69, 9.17) is 14.2 Å². The van der Waals surface area contributed by atoms with Crippen LogP contribution in [0.1, 0.15) is 18.1 Å². The maximum atomic E-state index is 12.4. The number of thioether (sulfide) groups is 1. The zero-order valence-electron chi connectivity index (χ0n) is 16.2. The quantitative estimate of drug-likeness (QED) is 0.740. The number of nitrogens with zero attached hydrogens (tertiary/aromatic N) is 1. The third-order valence-electron chi connectivity index (χ3n) is 4.25. The number of ether oxygens (including phenoxy) is 3. The maximum Gasteiger partial charge on any atom is 0.264 e. The zero-order valence-corrected chi connectivity index (χ0v) is 17.1. The van der Waals surface area contributed by atoms with Crippen LogP contribution in [0.25, 0.3) is 6.08 Å². The molecule has 0 aliphatic carbocycles. The molecule has 1 aliphatic heterocycles. The molecule has 1 saturated heterocycles. The van der Waals surface area contributed by atoms with Gasteiger partial charge in [0.1, 0.15) is 0 Å². The Bertz CT molecular complexity index is 936. The number of benzene rings is 2. The molecule has 0 aromatic heterocycles. The van der Waals surface area contributed by atoms with E-state index in [1.165, 1.54) is 17.3 Å². The second-order valence-electron chi connectivity index (χ2n) is 5.93. The number of aryl methyl sites for hydroxylation is 1. The van der Waals surface area contributed by atoms with E-state index in [0.717, 1.165) is 12.1 Å². The van der Waals surface area contributed by atoms with Crippen molar-refractivity contribution < 1.29 is 19.0 Å². The van der Waals surface area contributed by atoms with E-state index in [1.807, 2.05) is 30.3 Å². The van der Waals surface area contributed by atoms with Crippen molar-refractivity contribution >= 4 is 34.6 Å². The molecule has 0 bridgehead atoms. The minimum Gasteiger partial charge on any atom is -0.493 e. The second kappa shape index (κ2) is 8.84. The molecule has 0 unspecified atom stereocenters. The monoisotopic (exact) mass is 398 g/mol. The number of carbonyl (C=O) groups excluding carboxylic acids is 1. The lowest BCUT2D eigenvalue weighted by molar-refractivity contribution is -0.115. The molecule has 2 aromatic rings. The van der Waals surface area contributed by atoms with E-state index in [-0.39, 0.29) is 5.91 Å². The summed E-state index contributed by atoms with van der Waals surface area (Å²) < 4.78 is 16.2.